The molecule has 6 heteroatoms. The van der Waals surface area contributed by atoms with Crippen molar-refractivity contribution >= 4 is 5.82 Å². The van der Waals surface area contributed by atoms with Crippen molar-refractivity contribution in [1.82, 2.24) is 15.3 Å². The summed E-state index contributed by atoms with van der Waals surface area (Å²) in [6, 6.07) is 10.6. The van der Waals surface area contributed by atoms with Crippen molar-refractivity contribution in [3.8, 4) is 22.3 Å². The van der Waals surface area contributed by atoms with Gasteiger partial charge in [0.15, 0.2) is 0 Å². The average molecular weight is 419 g/mol. The quantitative estimate of drug-likeness (QED) is 0.634. The minimum atomic E-state index is -0.404. The number of hydrogen-bond donors (Lipinski definition) is 2. The van der Waals surface area contributed by atoms with Crippen LogP contribution in [0.2, 0.25) is 0 Å². The molecular weight excluding hydrogens is 391 g/mol. The van der Waals surface area contributed by atoms with Crippen LogP contribution in [0.15, 0.2) is 48.9 Å². The Hall–Kier alpha value is -2.83. The number of halogens is 1. The third-order valence-corrected chi connectivity index (χ3v) is 6.50. The molecule has 1 atom stereocenters. The van der Waals surface area contributed by atoms with E-state index in [4.69, 9.17) is 10.5 Å². The highest BCUT2D eigenvalue weighted by Gasteiger charge is 2.25. The van der Waals surface area contributed by atoms with Gasteiger partial charge in [0, 0.05) is 48.3 Å². The van der Waals surface area contributed by atoms with Gasteiger partial charge >= 0.3 is 0 Å². The molecule has 3 N–H and O–H groups in total. The third kappa shape index (κ3) is 4.05. The normalized spacial score (nSPS) is 19.6. The SMILES string of the molecule is Nc1ncc(-c2ccc(C3CCOCC3)c([C@@H]3CCCN3)c2)cc1-c1ccncc1F. The van der Waals surface area contributed by atoms with Crippen LogP contribution in [0.5, 0.6) is 0 Å². The molecule has 2 aromatic heterocycles. The van der Waals surface area contributed by atoms with E-state index in [1.165, 1.54) is 23.7 Å². The van der Waals surface area contributed by atoms with Crippen molar-refractivity contribution in [2.75, 3.05) is 25.5 Å². The number of nitrogens with zero attached hydrogens (tertiary/aromatic N) is 2. The van der Waals surface area contributed by atoms with Gasteiger partial charge in [-0.2, -0.15) is 0 Å². The standard InChI is InChI=1S/C25H27FN4O/c26-23-15-28-9-5-20(23)22-13-18(14-30-25(22)27)17-3-4-19(16-6-10-31-11-7-16)21(12-17)24-2-1-8-29-24/h3-5,9,12-16,24,29H,1-2,6-8,10-11H2,(H2,27,30)/t24-/m0/s1. The van der Waals surface area contributed by atoms with Gasteiger partial charge in [-0.25, -0.2) is 9.37 Å². The second-order valence-electron chi connectivity index (χ2n) is 8.39. The lowest BCUT2D eigenvalue weighted by Crippen LogP contribution is -2.19. The summed E-state index contributed by atoms with van der Waals surface area (Å²) in [4.78, 5) is 8.21. The van der Waals surface area contributed by atoms with Crippen LogP contribution < -0.4 is 11.1 Å². The lowest BCUT2D eigenvalue weighted by atomic mass is 9.84. The van der Waals surface area contributed by atoms with Crippen LogP contribution in [0.3, 0.4) is 0 Å². The largest absolute Gasteiger partial charge is 0.383 e. The van der Waals surface area contributed by atoms with E-state index in [1.807, 2.05) is 6.07 Å². The molecule has 0 spiro atoms. The smallest absolute Gasteiger partial charge is 0.149 e. The predicted octanol–water partition coefficient (Wildman–Crippen LogP) is 4.85. The number of nitrogen functional groups attached to an aromatic ring is 1. The highest BCUT2D eigenvalue weighted by atomic mass is 19.1. The van der Waals surface area contributed by atoms with Crippen LogP contribution in [0.1, 0.15) is 48.8 Å². The first kappa shape index (κ1) is 20.1. The lowest BCUT2D eigenvalue weighted by Gasteiger charge is -2.27. The van der Waals surface area contributed by atoms with E-state index >= 15 is 0 Å². The fraction of sp³-hybridized carbons (Fsp3) is 0.360. The fourth-order valence-electron chi connectivity index (χ4n) is 4.83. The van der Waals surface area contributed by atoms with Gasteiger partial charge in [-0.05, 0) is 73.0 Å². The highest BCUT2D eigenvalue weighted by Crippen LogP contribution is 2.38. The number of rotatable bonds is 4. The maximum absolute atomic E-state index is 14.4. The Morgan fingerprint density at radius 2 is 1.84 bits per heavy atom. The zero-order valence-corrected chi connectivity index (χ0v) is 17.5. The molecule has 2 aliphatic heterocycles. The zero-order valence-electron chi connectivity index (χ0n) is 17.5. The molecule has 0 bridgehead atoms. The monoisotopic (exact) mass is 418 g/mol. The molecule has 4 heterocycles. The molecule has 0 radical (unpaired) electrons. The number of nitrogens with one attached hydrogen (secondary N) is 1. The van der Waals surface area contributed by atoms with Crippen LogP contribution in [0.4, 0.5) is 10.2 Å². The summed E-state index contributed by atoms with van der Waals surface area (Å²) >= 11 is 0. The van der Waals surface area contributed by atoms with E-state index in [0.29, 0.717) is 28.9 Å². The topological polar surface area (TPSA) is 73.1 Å². The molecule has 0 unspecified atom stereocenters. The molecular formula is C25H27FN4O. The van der Waals surface area contributed by atoms with Gasteiger partial charge in [-0.1, -0.05) is 12.1 Å². The van der Waals surface area contributed by atoms with E-state index in [0.717, 1.165) is 50.1 Å². The molecule has 2 aliphatic rings. The van der Waals surface area contributed by atoms with Crippen molar-refractivity contribution in [2.24, 2.45) is 0 Å². The van der Waals surface area contributed by atoms with E-state index in [9.17, 15) is 4.39 Å². The van der Waals surface area contributed by atoms with Gasteiger partial charge < -0.3 is 15.8 Å². The highest BCUT2D eigenvalue weighted by molar-refractivity contribution is 5.79. The van der Waals surface area contributed by atoms with Gasteiger partial charge in [0.1, 0.15) is 11.6 Å². The Morgan fingerprint density at radius 3 is 2.61 bits per heavy atom. The van der Waals surface area contributed by atoms with Crippen LogP contribution >= 0.6 is 0 Å². The summed E-state index contributed by atoms with van der Waals surface area (Å²) in [6.07, 6.45) is 9.00. The molecule has 0 amide bonds. The van der Waals surface area contributed by atoms with Crippen molar-refractivity contribution in [1.29, 1.82) is 0 Å². The molecule has 5 rings (SSSR count). The summed E-state index contributed by atoms with van der Waals surface area (Å²) in [5.74, 6) is 0.440. The zero-order chi connectivity index (χ0) is 21.2. The van der Waals surface area contributed by atoms with Crippen LogP contribution in [-0.2, 0) is 4.74 Å². The van der Waals surface area contributed by atoms with Gasteiger partial charge in [0.05, 0.1) is 6.20 Å². The summed E-state index contributed by atoms with van der Waals surface area (Å²) in [6.45, 7) is 2.70. The number of benzene rings is 1. The molecule has 2 saturated heterocycles. The molecule has 1 aromatic carbocycles. The van der Waals surface area contributed by atoms with E-state index in [1.54, 1.807) is 18.5 Å². The second kappa shape index (κ2) is 8.73. The Labute approximate surface area is 181 Å². The van der Waals surface area contributed by atoms with E-state index < -0.39 is 5.82 Å². The first-order valence-corrected chi connectivity index (χ1v) is 11.0. The fourth-order valence-corrected chi connectivity index (χ4v) is 4.83. The van der Waals surface area contributed by atoms with Crippen LogP contribution in [-0.4, -0.2) is 29.7 Å². The molecule has 2 fully saturated rings. The summed E-state index contributed by atoms with van der Waals surface area (Å²) < 4.78 is 19.9. The maximum atomic E-state index is 14.4. The molecule has 0 saturated carbocycles. The van der Waals surface area contributed by atoms with Gasteiger partial charge in [-0.15, -0.1) is 0 Å². The molecule has 0 aliphatic carbocycles. The minimum absolute atomic E-state index is 0.311. The van der Waals surface area contributed by atoms with Gasteiger partial charge in [0.2, 0.25) is 0 Å². The Balaban J connectivity index is 1.57. The van der Waals surface area contributed by atoms with Crippen molar-refractivity contribution in [3.05, 3.63) is 65.9 Å². The van der Waals surface area contributed by atoms with Crippen LogP contribution in [0, 0.1) is 5.82 Å². The number of ether oxygens (including phenoxy) is 1. The first-order chi connectivity index (χ1) is 15.2. The van der Waals surface area contributed by atoms with Gasteiger partial charge in [-0.3, -0.25) is 4.98 Å². The number of hydrogen-bond acceptors (Lipinski definition) is 5. The maximum Gasteiger partial charge on any atom is 0.149 e. The summed E-state index contributed by atoms with van der Waals surface area (Å²) in [7, 11) is 0. The summed E-state index contributed by atoms with van der Waals surface area (Å²) in [5.41, 5.74) is 11.9. The van der Waals surface area contributed by atoms with Crippen molar-refractivity contribution in [3.63, 3.8) is 0 Å². The molecule has 5 nitrogen and oxygen atoms in total. The van der Waals surface area contributed by atoms with E-state index in [-0.39, 0.29) is 0 Å². The van der Waals surface area contributed by atoms with Crippen molar-refractivity contribution in [2.45, 2.75) is 37.6 Å². The number of aromatic nitrogens is 2. The Morgan fingerprint density at radius 1 is 0.968 bits per heavy atom. The predicted molar refractivity (Wildman–Crippen MR) is 120 cm³/mol. The summed E-state index contributed by atoms with van der Waals surface area (Å²) in [5, 5.41) is 3.66. The first-order valence-electron chi connectivity index (χ1n) is 11.0. The van der Waals surface area contributed by atoms with Crippen LogP contribution in [0.25, 0.3) is 22.3 Å². The number of anilines is 1. The molecule has 31 heavy (non-hydrogen) atoms. The minimum Gasteiger partial charge on any atom is -0.383 e. The van der Waals surface area contributed by atoms with Crippen molar-refractivity contribution < 1.29 is 9.13 Å². The number of nitrogens with two attached hydrogens (primary N) is 1. The second-order valence-corrected chi connectivity index (χ2v) is 8.39. The lowest BCUT2D eigenvalue weighted by molar-refractivity contribution is 0.0851. The Kier molecular flexibility index (Phi) is 5.66. The average Bonchev–Trinajstić information content (AvgIpc) is 3.35. The van der Waals surface area contributed by atoms with Gasteiger partial charge in [0.25, 0.3) is 0 Å². The molecule has 3 aromatic rings. The number of pyridine rings is 2. The molecule has 160 valence electrons. The Bertz CT molecular complexity index is 1070. The third-order valence-electron chi connectivity index (χ3n) is 6.50. The van der Waals surface area contributed by atoms with E-state index in [2.05, 4.69) is 33.5 Å².